The van der Waals surface area contributed by atoms with E-state index in [2.05, 4.69) is 17.2 Å². The summed E-state index contributed by atoms with van der Waals surface area (Å²) in [6.07, 6.45) is 2.64. The Labute approximate surface area is 119 Å². The molecule has 2 aromatic rings. The molecule has 0 aliphatic carbocycles. The van der Waals surface area contributed by atoms with Crippen molar-refractivity contribution < 1.29 is 4.79 Å². The largest absolute Gasteiger partial charge is 0.399 e. The Morgan fingerprint density at radius 2 is 2.15 bits per heavy atom. The number of nitrogens with two attached hydrogens (primary N) is 1. The predicted octanol–water partition coefficient (Wildman–Crippen LogP) is 2.46. The minimum absolute atomic E-state index is 0.123. The number of pyridine rings is 1. The van der Waals surface area contributed by atoms with Crippen molar-refractivity contribution in [1.82, 2.24) is 10.3 Å². The molecule has 0 aliphatic heterocycles. The predicted molar refractivity (Wildman–Crippen MR) is 80.4 cm³/mol. The summed E-state index contributed by atoms with van der Waals surface area (Å²) in [4.78, 5) is 16.5. The summed E-state index contributed by atoms with van der Waals surface area (Å²) in [5.74, 6) is -0.123. The smallest absolute Gasteiger partial charge is 0.251 e. The number of nitrogens with zero attached hydrogens (tertiary/aromatic N) is 1. The van der Waals surface area contributed by atoms with Crippen LogP contribution >= 0.6 is 0 Å². The van der Waals surface area contributed by atoms with Crippen LogP contribution in [0.15, 0.2) is 36.5 Å². The molecule has 1 heterocycles. The number of benzene rings is 1. The van der Waals surface area contributed by atoms with E-state index in [4.69, 9.17) is 5.73 Å². The molecule has 0 saturated heterocycles. The molecular weight excluding hydrogens is 250 g/mol. The van der Waals surface area contributed by atoms with Gasteiger partial charge in [0.05, 0.1) is 12.2 Å². The maximum absolute atomic E-state index is 12.2. The van der Waals surface area contributed by atoms with Crippen molar-refractivity contribution in [3.63, 3.8) is 0 Å². The molecule has 0 atom stereocenters. The van der Waals surface area contributed by atoms with Crippen molar-refractivity contribution in [1.29, 1.82) is 0 Å². The van der Waals surface area contributed by atoms with Crippen molar-refractivity contribution in [2.45, 2.75) is 26.8 Å². The van der Waals surface area contributed by atoms with Gasteiger partial charge in [0.15, 0.2) is 0 Å². The van der Waals surface area contributed by atoms with Crippen molar-refractivity contribution in [3.05, 3.63) is 58.9 Å². The zero-order valence-electron chi connectivity index (χ0n) is 11.8. The normalized spacial score (nSPS) is 10.3. The summed E-state index contributed by atoms with van der Waals surface area (Å²) < 4.78 is 0. The van der Waals surface area contributed by atoms with E-state index in [0.29, 0.717) is 17.8 Å². The van der Waals surface area contributed by atoms with Crippen LogP contribution in [-0.2, 0) is 13.0 Å². The number of carbonyl (C=O) groups is 1. The van der Waals surface area contributed by atoms with Crippen molar-refractivity contribution >= 4 is 11.6 Å². The minimum Gasteiger partial charge on any atom is -0.399 e. The molecule has 0 fully saturated rings. The number of rotatable bonds is 4. The molecule has 1 amide bonds. The van der Waals surface area contributed by atoms with Gasteiger partial charge in [-0.05, 0) is 42.7 Å². The van der Waals surface area contributed by atoms with E-state index in [0.717, 1.165) is 23.2 Å². The van der Waals surface area contributed by atoms with Crippen LogP contribution < -0.4 is 11.1 Å². The SMILES string of the molecule is CCc1cccnc1CNC(=O)c1cc(N)ccc1C. The summed E-state index contributed by atoms with van der Waals surface area (Å²) in [7, 11) is 0. The topological polar surface area (TPSA) is 68.0 Å². The lowest BCUT2D eigenvalue weighted by Crippen LogP contribution is -2.24. The van der Waals surface area contributed by atoms with Crippen LogP contribution in [0, 0.1) is 6.92 Å². The minimum atomic E-state index is -0.123. The summed E-state index contributed by atoms with van der Waals surface area (Å²) in [6, 6.07) is 9.28. The van der Waals surface area contributed by atoms with Gasteiger partial charge < -0.3 is 11.1 Å². The van der Waals surface area contributed by atoms with Gasteiger partial charge >= 0.3 is 0 Å². The van der Waals surface area contributed by atoms with Gasteiger partial charge in [-0.1, -0.05) is 19.1 Å². The first-order valence-corrected chi connectivity index (χ1v) is 6.69. The average Bonchev–Trinajstić information content (AvgIpc) is 2.47. The Bertz CT molecular complexity index is 623. The maximum atomic E-state index is 12.2. The van der Waals surface area contributed by atoms with E-state index in [1.54, 1.807) is 18.3 Å². The van der Waals surface area contributed by atoms with E-state index in [1.807, 2.05) is 25.1 Å². The molecule has 1 aromatic heterocycles. The first kappa shape index (κ1) is 14.1. The Morgan fingerprint density at radius 1 is 1.35 bits per heavy atom. The number of hydrogen-bond donors (Lipinski definition) is 2. The fraction of sp³-hybridized carbons (Fsp3) is 0.250. The molecule has 0 aliphatic rings. The van der Waals surface area contributed by atoms with Crippen LogP contribution in [0.5, 0.6) is 0 Å². The van der Waals surface area contributed by atoms with Crippen LogP contribution in [0.2, 0.25) is 0 Å². The van der Waals surface area contributed by atoms with Crippen LogP contribution in [0.1, 0.15) is 34.1 Å². The Morgan fingerprint density at radius 3 is 2.90 bits per heavy atom. The molecule has 0 unspecified atom stereocenters. The first-order valence-electron chi connectivity index (χ1n) is 6.69. The van der Waals surface area contributed by atoms with Gasteiger partial charge in [0.25, 0.3) is 5.91 Å². The lowest BCUT2D eigenvalue weighted by Gasteiger charge is -2.10. The third-order valence-electron chi connectivity index (χ3n) is 3.29. The van der Waals surface area contributed by atoms with Gasteiger partial charge in [-0.15, -0.1) is 0 Å². The highest BCUT2D eigenvalue weighted by molar-refractivity contribution is 5.96. The van der Waals surface area contributed by atoms with Crippen LogP contribution in [0.3, 0.4) is 0 Å². The molecular formula is C16H19N3O. The molecule has 4 nitrogen and oxygen atoms in total. The van der Waals surface area contributed by atoms with E-state index < -0.39 is 0 Å². The molecule has 1 aromatic carbocycles. The van der Waals surface area contributed by atoms with Crippen molar-refractivity contribution in [2.24, 2.45) is 0 Å². The quantitative estimate of drug-likeness (QED) is 0.838. The molecule has 104 valence electrons. The summed E-state index contributed by atoms with van der Waals surface area (Å²) in [5, 5.41) is 2.90. The van der Waals surface area contributed by atoms with Crippen LogP contribution in [-0.4, -0.2) is 10.9 Å². The summed E-state index contributed by atoms with van der Waals surface area (Å²) in [6.45, 7) is 4.40. The number of aromatic nitrogens is 1. The Kier molecular flexibility index (Phi) is 4.35. The zero-order valence-corrected chi connectivity index (χ0v) is 11.8. The maximum Gasteiger partial charge on any atom is 0.251 e. The van der Waals surface area contributed by atoms with Crippen molar-refractivity contribution in [2.75, 3.05) is 5.73 Å². The Hall–Kier alpha value is -2.36. The Balaban J connectivity index is 2.11. The van der Waals surface area contributed by atoms with Gasteiger partial charge in [0.1, 0.15) is 0 Å². The third-order valence-corrected chi connectivity index (χ3v) is 3.29. The molecule has 20 heavy (non-hydrogen) atoms. The standard InChI is InChI=1S/C16H19N3O/c1-3-12-5-4-8-18-15(12)10-19-16(20)14-9-13(17)7-6-11(14)2/h4-9H,3,10,17H2,1-2H3,(H,19,20). The molecule has 0 saturated carbocycles. The number of nitrogen functional groups attached to an aromatic ring is 1. The highest BCUT2D eigenvalue weighted by Gasteiger charge is 2.10. The lowest BCUT2D eigenvalue weighted by atomic mass is 10.1. The fourth-order valence-corrected chi connectivity index (χ4v) is 2.10. The van der Waals surface area contributed by atoms with Crippen molar-refractivity contribution in [3.8, 4) is 0 Å². The van der Waals surface area contributed by atoms with E-state index in [-0.39, 0.29) is 5.91 Å². The fourth-order valence-electron chi connectivity index (χ4n) is 2.10. The van der Waals surface area contributed by atoms with Gasteiger partial charge in [-0.3, -0.25) is 9.78 Å². The summed E-state index contributed by atoms with van der Waals surface area (Å²) in [5.41, 5.74) is 9.89. The van der Waals surface area contributed by atoms with Gasteiger partial charge in [-0.2, -0.15) is 0 Å². The van der Waals surface area contributed by atoms with E-state index in [1.165, 1.54) is 0 Å². The highest BCUT2D eigenvalue weighted by atomic mass is 16.1. The zero-order chi connectivity index (χ0) is 14.5. The van der Waals surface area contributed by atoms with Crippen LogP contribution in [0.25, 0.3) is 0 Å². The van der Waals surface area contributed by atoms with E-state index >= 15 is 0 Å². The molecule has 4 heteroatoms. The average molecular weight is 269 g/mol. The second-order valence-electron chi connectivity index (χ2n) is 4.72. The number of amides is 1. The second kappa shape index (κ2) is 6.19. The second-order valence-corrected chi connectivity index (χ2v) is 4.72. The van der Waals surface area contributed by atoms with Gasteiger partial charge in [-0.25, -0.2) is 0 Å². The molecule has 0 radical (unpaired) electrons. The lowest BCUT2D eigenvalue weighted by molar-refractivity contribution is 0.0950. The number of anilines is 1. The van der Waals surface area contributed by atoms with Gasteiger partial charge in [0, 0.05) is 17.4 Å². The van der Waals surface area contributed by atoms with Gasteiger partial charge in [0.2, 0.25) is 0 Å². The molecule has 0 bridgehead atoms. The number of aryl methyl sites for hydroxylation is 2. The number of carbonyl (C=O) groups excluding carboxylic acids is 1. The number of nitrogens with one attached hydrogen (secondary N) is 1. The monoisotopic (exact) mass is 269 g/mol. The molecule has 3 N–H and O–H groups in total. The third kappa shape index (κ3) is 3.15. The number of hydrogen-bond acceptors (Lipinski definition) is 3. The van der Waals surface area contributed by atoms with Crippen LogP contribution in [0.4, 0.5) is 5.69 Å². The molecule has 2 rings (SSSR count). The van der Waals surface area contributed by atoms with E-state index in [9.17, 15) is 4.79 Å². The molecule has 0 spiro atoms. The summed E-state index contributed by atoms with van der Waals surface area (Å²) >= 11 is 0. The first-order chi connectivity index (χ1) is 9.61. The highest BCUT2D eigenvalue weighted by Crippen LogP contribution is 2.13.